The molecular weight excluding hydrogens is 728 g/mol. The quantitative estimate of drug-likeness (QED) is 0.0808. The number of hydrogen-bond acceptors (Lipinski definition) is 4. The minimum atomic E-state index is -3.67. The van der Waals surface area contributed by atoms with E-state index < -0.39 is 18.0 Å². The maximum absolute atomic E-state index is 9.19. The summed E-state index contributed by atoms with van der Waals surface area (Å²) in [6.07, 6.45) is 0.715. The van der Waals surface area contributed by atoms with E-state index in [9.17, 15) is 8.42 Å². The SMILES string of the molecule is CN(C)c1cccc(N(C)C)c1-c1ccccc1[PH+](c1ccccc1)C(C)(C)C.CS(=O)(=O)O.[NH-]c1ccccc1-c1[c-]cccc1.[Pd+2]. The number of nitrogens with zero attached hydrogens (tertiary/aromatic N) is 2. The third-order valence-corrected chi connectivity index (χ3v) is 10.6. The zero-order valence-electron chi connectivity index (χ0n) is 28.9. The predicted molar refractivity (Wildman–Crippen MR) is 206 cm³/mol. The molecule has 48 heavy (non-hydrogen) atoms. The van der Waals surface area contributed by atoms with Crippen molar-refractivity contribution in [1.82, 2.24) is 0 Å². The summed E-state index contributed by atoms with van der Waals surface area (Å²) >= 11 is 0. The zero-order chi connectivity index (χ0) is 34.8. The first-order valence-corrected chi connectivity index (χ1v) is 18.6. The number of benzene rings is 5. The molecule has 0 spiro atoms. The molecule has 0 aliphatic rings. The Hall–Kier alpha value is -3.50. The Labute approximate surface area is 303 Å². The van der Waals surface area contributed by atoms with Gasteiger partial charge in [0.05, 0.1) is 24.6 Å². The monoisotopic (exact) mass is 774 g/mol. The fraction of sp³-hybridized carbons (Fsp3) is 0.231. The van der Waals surface area contributed by atoms with Gasteiger partial charge in [-0.05, 0) is 51.1 Å². The number of hydrogen-bond donors (Lipinski definition) is 1. The molecule has 0 saturated carbocycles. The first-order chi connectivity index (χ1) is 22.1. The average molecular weight is 775 g/mol. The Bertz CT molecular complexity index is 1790. The van der Waals surface area contributed by atoms with Crippen LogP contribution in [0.25, 0.3) is 28.0 Å². The van der Waals surface area contributed by atoms with Crippen LogP contribution in [0.3, 0.4) is 0 Å². The van der Waals surface area contributed by atoms with Gasteiger partial charge < -0.3 is 15.5 Å². The van der Waals surface area contributed by atoms with Gasteiger partial charge in [-0.25, -0.2) is 0 Å². The van der Waals surface area contributed by atoms with Gasteiger partial charge in [-0.1, -0.05) is 66.7 Å². The molecule has 5 aromatic rings. The largest absolute Gasteiger partial charge is 2.00 e. The van der Waals surface area contributed by atoms with Crippen LogP contribution in [0.1, 0.15) is 20.8 Å². The molecule has 1 unspecified atom stereocenters. The van der Waals surface area contributed by atoms with E-state index >= 15 is 0 Å². The van der Waals surface area contributed by atoms with E-state index in [1.54, 1.807) is 6.07 Å². The summed E-state index contributed by atoms with van der Waals surface area (Å²) in [6, 6.07) is 45.1. The maximum Gasteiger partial charge on any atom is 2.00 e. The summed E-state index contributed by atoms with van der Waals surface area (Å²) in [5.74, 6) is 0. The molecule has 0 heterocycles. The van der Waals surface area contributed by atoms with Crippen molar-refractivity contribution < 1.29 is 33.4 Å². The van der Waals surface area contributed by atoms with Crippen LogP contribution < -0.4 is 20.4 Å². The van der Waals surface area contributed by atoms with Crippen LogP contribution in [0.4, 0.5) is 17.1 Å². The van der Waals surface area contributed by atoms with Crippen LogP contribution in [0, 0.1) is 6.07 Å². The van der Waals surface area contributed by atoms with Crippen molar-refractivity contribution in [1.29, 1.82) is 0 Å². The number of anilines is 2. The van der Waals surface area contributed by atoms with Gasteiger partial charge in [0.1, 0.15) is 5.30 Å². The molecule has 0 aliphatic heterocycles. The first kappa shape index (κ1) is 40.7. The summed E-state index contributed by atoms with van der Waals surface area (Å²) in [4.78, 5) is 4.45. The predicted octanol–water partition coefficient (Wildman–Crippen LogP) is 8.79. The van der Waals surface area contributed by atoms with Crippen molar-refractivity contribution in [2.45, 2.75) is 25.9 Å². The van der Waals surface area contributed by atoms with Crippen molar-refractivity contribution in [3.8, 4) is 22.3 Å². The number of nitrogens with one attached hydrogen (secondary N) is 1. The standard InChI is InChI=1S/C26H33N2P.C12H9N.CH4O3S.Pd/c1-26(2,3)29(20-14-9-8-10-15-20)24-19-12-11-16-21(24)25-22(27(4)5)17-13-18-23(25)28(6)7;13-12-9-5-4-8-11(12)10-6-2-1-3-7-10;1-5(2,3)4;/h8-19H,1-7H3;1-6,8-9,13H;1H3,(H,2,3,4);/q;-2;;+2/p+1. The molecule has 256 valence electrons. The first-order valence-electron chi connectivity index (χ1n) is 15.3. The van der Waals surface area contributed by atoms with Crippen LogP contribution in [-0.2, 0) is 30.5 Å². The average Bonchev–Trinajstić information content (AvgIpc) is 3.01. The van der Waals surface area contributed by atoms with E-state index in [2.05, 4.69) is 138 Å². The van der Waals surface area contributed by atoms with Crippen molar-refractivity contribution >= 4 is 45.7 Å². The fourth-order valence-electron chi connectivity index (χ4n) is 5.34. The molecule has 5 aromatic carbocycles. The van der Waals surface area contributed by atoms with Crippen molar-refractivity contribution in [2.75, 3.05) is 44.2 Å². The van der Waals surface area contributed by atoms with E-state index in [1.165, 1.54) is 33.1 Å². The van der Waals surface area contributed by atoms with Crippen molar-refractivity contribution in [3.63, 3.8) is 0 Å². The van der Waals surface area contributed by atoms with Gasteiger partial charge >= 0.3 is 20.4 Å². The van der Waals surface area contributed by atoms with Gasteiger partial charge in [-0.3, -0.25) is 4.55 Å². The molecule has 0 radical (unpaired) electrons. The van der Waals surface area contributed by atoms with Crippen LogP contribution >= 0.6 is 7.92 Å². The van der Waals surface area contributed by atoms with Gasteiger partial charge in [0.25, 0.3) is 10.1 Å². The van der Waals surface area contributed by atoms with E-state index in [0.29, 0.717) is 11.9 Å². The van der Waals surface area contributed by atoms with Crippen LogP contribution in [0.2, 0.25) is 0 Å². The van der Waals surface area contributed by atoms with Gasteiger partial charge in [-0.15, -0.1) is 41.5 Å². The minimum absolute atomic E-state index is 0. The summed E-state index contributed by atoms with van der Waals surface area (Å²) in [5.41, 5.74) is 15.3. The third-order valence-electron chi connectivity index (χ3n) is 7.19. The maximum atomic E-state index is 9.19. The fourth-order valence-corrected chi connectivity index (χ4v) is 8.60. The molecule has 2 N–H and O–H groups in total. The van der Waals surface area contributed by atoms with Gasteiger partial charge in [0.15, 0.2) is 0 Å². The van der Waals surface area contributed by atoms with Gasteiger partial charge in [-0.2, -0.15) is 14.1 Å². The molecule has 9 heteroatoms. The second kappa shape index (κ2) is 18.3. The molecule has 5 rings (SSSR count). The minimum Gasteiger partial charge on any atom is -0.706 e. The van der Waals surface area contributed by atoms with Crippen molar-refractivity contribution in [3.05, 3.63) is 133 Å². The van der Waals surface area contributed by atoms with Crippen LogP contribution in [-0.4, -0.2) is 52.6 Å². The van der Waals surface area contributed by atoms with Crippen LogP contribution in [0.15, 0.2) is 121 Å². The smallest absolute Gasteiger partial charge is 0.706 e. The van der Waals surface area contributed by atoms with E-state index in [-0.39, 0.29) is 25.6 Å². The summed E-state index contributed by atoms with van der Waals surface area (Å²) in [6.45, 7) is 7.15. The molecule has 0 aliphatic carbocycles. The molecule has 0 saturated heterocycles. The van der Waals surface area contributed by atoms with Crippen LogP contribution in [0.5, 0.6) is 0 Å². The van der Waals surface area contributed by atoms with Crippen molar-refractivity contribution in [2.24, 2.45) is 0 Å². The zero-order valence-corrected chi connectivity index (χ0v) is 32.3. The molecule has 0 fully saturated rings. The molecule has 0 amide bonds. The normalized spacial score (nSPS) is 11.4. The Morgan fingerprint density at radius 1 is 0.688 bits per heavy atom. The topological polar surface area (TPSA) is 84.7 Å². The van der Waals surface area contributed by atoms with E-state index in [0.717, 1.165) is 11.1 Å². The molecule has 0 aromatic heterocycles. The molecular formula is C39H47N3O3PPdS+. The molecule has 6 nitrogen and oxygen atoms in total. The summed E-state index contributed by atoms with van der Waals surface area (Å²) in [7, 11) is 3.85. The second-order valence-electron chi connectivity index (χ2n) is 12.6. The molecule has 1 atom stereocenters. The van der Waals surface area contributed by atoms with E-state index in [1.807, 2.05) is 42.5 Å². The van der Waals surface area contributed by atoms with E-state index in [4.69, 9.17) is 10.3 Å². The van der Waals surface area contributed by atoms with Gasteiger partial charge in [0.2, 0.25) is 0 Å². The second-order valence-corrected chi connectivity index (χ2v) is 17.4. The Morgan fingerprint density at radius 3 is 1.65 bits per heavy atom. The summed E-state index contributed by atoms with van der Waals surface area (Å²) < 4.78 is 25.9. The third kappa shape index (κ3) is 11.9. The number of rotatable bonds is 6. The Morgan fingerprint density at radius 2 is 1.17 bits per heavy atom. The van der Waals surface area contributed by atoms with Gasteiger partial charge in [0, 0.05) is 50.7 Å². The summed E-state index contributed by atoms with van der Waals surface area (Å²) in [5, 5.41) is 3.13. The Kier molecular flexibility index (Phi) is 15.5. The molecule has 0 bridgehead atoms. The Balaban J connectivity index is 0.000000347.